The highest BCUT2D eigenvalue weighted by Crippen LogP contribution is 2.48. The molecule has 4 nitrogen and oxygen atoms in total. The van der Waals surface area contributed by atoms with Gasteiger partial charge in [0.1, 0.15) is 6.04 Å². The van der Waals surface area contributed by atoms with Crippen molar-refractivity contribution in [1.82, 2.24) is 14.5 Å². The van der Waals surface area contributed by atoms with Crippen LogP contribution < -0.4 is 0 Å². The monoisotopic (exact) mass is 402 g/mol. The highest BCUT2D eigenvalue weighted by molar-refractivity contribution is 8.14. The number of fused-ring (bicyclic) bond motifs is 1. The number of nitrogens with zero attached hydrogens (tertiary/aromatic N) is 4. The maximum atomic E-state index is 5.13. The summed E-state index contributed by atoms with van der Waals surface area (Å²) in [5, 5.41) is 1.74. The molecule has 0 amide bonds. The summed E-state index contributed by atoms with van der Waals surface area (Å²) >= 11 is 1.89. The van der Waals surface area contributed by atoms with Gasteiger partial charge in [-0.2, -0.15) is 0 Å². The minimum absolute atomic E-state index is 0.0389. The van der Waals surface area contributed by atoms with Gasteiger partial charge in [0.25, 0.3) is 0 Å². The summed E-state index contributed by atoms with van der Waals surface area (Å²) in [5.74, 6) is 0. The van der Waals surface area contributed by atoms with Crippen LogP contribution in [0.5, 0.6) is 0 Å². The first-order valence-corrected chi connectivity index (χ1v) is 11.1. The minimum Gasteiger partial charge on any atom is -0.341 e. The number of amidine groups is 1. The van der Waals surface area contributed by atoms with Crippen LogP contribution in [-0.4, -0.2) is 31.4 Å². The highest BCUT2D eigenvalue weighted by Gasteiger charge is 2.44. The van der Waals surface area contributed by atoms with Crippen molar-refractivity contribution < 1.29 is 0 Å². The highest BCUT2D eigenvalue weighted by atomic mass is 32.2. The van der Waals surface area contributed by atoms with Gasteiger partial charge in [0.05, 0.1) is 11.7 Å². The Kier molecular flexibility index (Phi) is 4.50. The van der Waals surface area contributed by atoms with Crippen molar-refractivity contribution in [2.75, 3.05) is 6.54 Å². The first-order valence-electron chi connectivity index (χ1n) is 10.2. The Labute approximate surface area is 176 Å². The van der Waals surface area contributed by atoms with Gasteiger partial charge in [-0.1, -0.05) is 43.0 Å². The van der Waals surface area contributed by atoms with Crippen LogP contribution in [0.15, 0.2) is 59.7 Å². The van der Waals surface area contributed by atoms with E-state index in [1.165, 1.54) is 33.4 Å². The van der Waals surface area contributed by atoms with Gasteiger partial charge < -0.3 is 9.47 Å². The van der Waals surface area contributed by atoms with Gasteiger partial charge in [-0.3, -0.25) is 9.98 Å². The summed E-state index contributed by atoms with van der Waals surface area (Å²) in [6.07, 6.45) is 1.88. The summed E-state index contributed by atoms with van der Waals surface area (Å²) in [4.78, 5) is 12.3. The van der Waals surface area contributed by atoms with Gasteiger partial charge in [0, 0.05) is 35.1 Å². The third kappa shape index (κ3) is 2.99. The molecule has 0 saturated carbocycles. The van der Waals surface area contributed by atoms with Crippen molar-refractivity contribution in [2.45, 2.75) is 45.0 Å². The van der Waals surface area contributed by atoms with E-state index in [0.29, 0.717) is 5.25 Å². The van der Waals surface area contributed by atoms with Crippen LogP contribution in [0.4, 0.5) is 0 Å². The molecule has 5 rings (SSSR count). The van der Waals surface area contributed by atoms with Gasteiger partial charge in [-0.25, -0.2) is 0 Å². The van der Waals surface area contributed by atoms with Crippen LogP contribution in [0.2, 0.25) is 0 Å². The molecule has 0 radical (unpaired) electrons. The zero-order valence-electron chi connectivity index (χ0n) is 17.3. The normalized spacial score (nSPS) is 23.4. The number of pyridine rings is 1. The van der Waals surface area contributed by atoms with Crippen LogP contribution >= 0.6 is 11.8 Å². The average molecular weight is 403 g/mol. The number of aryl methyl sites for hydroxylation is 2. The van der Waals surface area contributed by atoms with Gasteiger partial charge in [-0.05, 0) is 56.2 Å². The molecule has 0 bridgehead atoms. The summed E-state index contributed by atoms with van der Waals surface area (Å²) in [5.41, 5.74) is 7.51. The second-order valence-corrected chi connectivity index (χ2v) is 9.49. The van der Waals surface area contributed by atoms with Crippen LogP contribution in [0.3, 0.4) is 0 Å². The SMILES string of the molecule is Cc1ccccc1-n1c(C)cc([C@@H]2[C@@H](c3ccccn3)N=C3S[C@H](C)CN32)c1C. The third-order valence-electron chi connectivity index (χ3n) is 6.03. The molecular formula is C24H26N4S. The number of benzene rings is 1. The average Bonchev–Trinajstić information content (AvgIpc) is 3.33. The smallest absolute Gasteiger partial charge is 0.160 e. The largest absolute Gasteiger partial charge is 0.341 e. The minimum atomic E-state index is 0.0389. The van der Waals surface area contributed by atoms with Gasteiger partial charge in [-0.15, -0.1) is 0 Å². The van der Waals surface area contributed by atoms with E-state index in [9.17, 15) is 0 Å². The molecule has 1 aromatic carbocycles. The van der Waals surface area contributed by atoms with Crippen molar-refractivity contribution in [2.24, 2.45) is 4.99 Å². The second kappa shape index (κ2) is 7.06. The Morgan fingerprint density at radius 2 is 1.83 bits per heavy atom. The molecule has 2 aromatic heterocycles. The number of rotatable bonds is 3. The molecule has 0 unspecified atom stereocenters. The lowest BCUT2D eigenvalue weighted by atomic mass is 9.96. The molecule has 0 spiro atoms. The van der Waals surface area contributed by atoms with E-state index < -0.39 is 0 Å². The molecule has 0 N–H and O–H groups in total. The molecule has 2 aliphatic rings. The van der Waals surface area contributed by atoms with E-state index in [0.717, 1.165) is 12.2 Å². The molecule has 3 aromatic rings. The Bertz CT molecular complexity index is 1090. The number of para-hydroxylation sites is 1. The molecule has 1 saturated heterocycles. The summed E-state index contributed by atoms with van der Waals surface area (Å²) < 4.78 is 2.39. The maximum Gasteiger partial charge on any atom is 0.160 e. The fourth-order valence-corrected chi connectivity index (χ4v) is 5.82. The van der Waals surface area contributed by atoms with Gasteiger partial charge in [0.2, 0.25) is 0 Å². The Hall–Kier alpha value is -2.53. The number of hydrogen-bond donors (Lipinski definition) is 0. The molecule has 148 valence electrons. The van der Waals surface area contributed by atoms with Crippen molar-refractivity contribution in [3.63, 3.8) is 0 Å². The van der Waals surface area contributed by atoms with Crippen LogP contribution in [0, 0.1) is 20.8 Å². The predicted molar refractivity (Wildman–Crippen MR) is 121 cm³/mol. The van der Waals surface area contributed by atoms with E-state index >= 15 is 0 Å². The van der Waals surface area contributed by atoms with Crippen LogP contribution in [0.1, 0.15) is 47.2 Å². The summed E-state index contributed by atoms with van der Waals surface area (Å²) in [6, 6.07) is 17.3. The number of hydrogen-bond acceptors (Lipinski definition) is 4. The number of thioether (sulfide) groups is 1. The second-order valence-electron chi connectivity index (χ2n) is 8.09. The predicted octanol–water partition coefficient (Wildman–Crippen LogP) is 5.39. The van der Waals surface area contributed by atoms with E-state index in [-0.39, 0.29) is 12.1 Å². The van der Waals surface area contributed by atoms with Gasteiger partial charge in [0.15, 0.2) is 5.17 Å². The Balaban J connectivity index is 1.64. The molecule has 1 fully saturated rings. The fraction of sp³-hybridized carbons (Fsp3) is 0.333. The van der Waals surface area contributed by atoms with Gasteiger partial charge >= 0.3 is 0 Å². The lowest BCUT2D eigenvalue weighted by Gasteiger charge is -2.27. The van der Waals surface area contributed by atoms with E-state index in [1.807, 2.05) is 24.0 Å². The van der Waals surface area contributed by atoms with Crippen molar-refractivity contribution >= 4 is 16.9 Å². The first kappa shape index (κ1) is 18.5. The summed E-state index contributed by atoms with van der Waals surface area (Å²) in [6.45, 7) is 9.95. The molecule has 3 atom stereocenters. The zero-order chi connectivity index (χ0) is 20.1. The molecule has 2 aliphatic heterocycles. The Morgan fingerprint density at radius 1 is 1.03 bits per heavy atom. The van der Waals surface area contributed by atoms with E-state index in [1.54, 1.807) is 0 Å². The third-order valence-corrected chi connectivity index (χ3v) is 7.13. The lowest BCUT2D eigenvalue weighted by molar-refractivity contribution is 0.320. The van der Waals surface area contributed by atoms with Crippen LogP contribution in [-0.2, 0) is 0 Å². The molecule has 0 aliphatic carbocycles. The number of aliphatic imine (C=N–C) groups is 1. The Morgan fingerprint density at radius 3 is 2.59 bits per heavy atom. The topological polar surface area (TPSA) is 33.4 Å². The number of aromatic nitrogens is 2. The quantitative estimate of drug-likeness (QED) is 0.589. The van der Waals surface area contributed by atoms with Crippen molar-refractivity contribution in [3.05, 3.63) is 82.9 Å². The zero-order valence-corrected chi connectivity index (χ0v) is 18.1. The fourth-order valence-electron chi connectivity index (χ4n) is 4.73. The maximum absolute atomic E-state index is 5.13. The molecule has 29 heavy (non-hydrogen) atoms. The summed E-state index contributed by atoms with van der Waals surface area (Å²) in [7, 11) is 0. The van der Waals surface area contributed by atoms with Crippen molar-refractivity contribution in [1.29, 1.82) is 0 Å². The van der Waals surface area contributed by atoms with E-state index in [2.05, 4.69) is 84.6 Å². The first-order chi connectivity index (χ1) is 14.0. The standard InChI is InChI=1S/C24H26N4S/c1-15-9-5-6-11-21(15)28-16(2)13-19(18(28)4)23-22(20-10-7-8-12-25-20)26-24-27(23)14-17(3)29-24/h5-13,17,22-23H,14H2,1-4H3/t17-,22-,23-/m1/s1. The lowest BCUT2D eigenvalue weighted by Crippen LogP contribution is -2.28. The molecular weight excluding hydrogens is 376 g/mol. The molecule has 5 heteroatoms. The van der Waals surface area contributed by atoms with E-state index in [4.69, 9.17) is 4.99 Å². The molecule has 4 heterocycles. The van der Waals surface area contributed by atoms with Crippen LogP contribution in [0.25, 0.3) is 5.69 Å². The van der Waals surface area contributed by atoms with Crippen molar-refractivity contribution in [3.8, 4) is 5.69 Å².